The average molecular weight is 535 g/mol. The number of aromatic carboxylic acids is 1. The van der Waals surface area contributed by atoms with E-state index >= 15 is 0 Å². The van der Waals surface area contributed by atoms with Crippen molar-refractivity contribution in [3.63, 3.8) is 0 Å². The molecular formula is C35H50O4. The van der Waals surface area contributed by atoms with Gasteiger partial charge >= 0.3 is 5.97 Å². The van der Waals surface area contributed by atoms with Gasteiger partial charge in [-0.05, 0) is 60.2 Å². The summed E-state index contributed by atoms with van der Waals surface area (Å²) in [7, 11) is 0. The molecule has 0 radical (unpaired) electrons. The van der Waals surface area contributed by atoms with Crippen LogP contribution in [0.15, 0.2) is 54.6 Å². The third-order valence-electron chi connectivity index (χ3n) is 7.70. The van der Waals surface area contributed by atoms with Crippen molar-refractivity contribution < 1.29 is 19.4 Å². The summed E-state index contributed by atoms with van der Waals surface area (Å²) in [6.07, 6.45) is 22.6. The Morgan fingerprint density at radius 2 is 1.54 bits per heavy atom. The van der Waals surface area contributed by atoms with Gasteiger partial charge in [-0.15, -0.1) is 0 Å². The summed E-state index contributed by atoms with van der Waals surface area (Å²) in [5, 5.41) is 9.62. The van der Waals surface area contributed by atoms with Gasteiger partial charge in [-0.25, -0.2) is 4.79 Å². The lowest BCUT2D eigenvalue weighted by molar-refractivity contribution is 0.000916. The summed E-state index contributed by atoms with van der Waals surface area (Å²) in [6.45, 7) is 5.24. The molecule has 0 spiro atoms. The normalized spacial score (nSPS) is 16.9. The maximum absolute atomic E-state index is 11.7. The highest BCUT2D eigenvalue weighted by Gasteiger charge is 2.20. The summed E-state index contributed by atoms with van der Waals surface area (Å²) < 4.78 is 12.4. The zero-order valence-electron chi connectivity index (χ0n) is 24.3. The standard InChI is InChI=1S/C35H50O4/c1-3-5-7-9-10-11-12-14-25-38-31-22-19-28(20-23-31)34-24-21-29(35(36)37)26-30(34)27-33-18-15-17-32(39-33)16-13-8-6-4-2/h15,18-24,26,32-33H,3-14,16-17,25,27H2,1-2H3,(H,36,37). The smallest absolute Gasteiger partial charge is 0.335 e. The Bertz CT molecular complexity index is 994. The molecule has 1 aliphatic rings. The maximum atomic E-state index is 11.7. The molecule has 0 aromatic heterocycles. The van der Waals surface area contributed by atoms with Crippen LogP contribution in [-0.4, -0.2) is 29.9 Å². The molecule has 2 aromatic rings. The minimum Gasteiger partial charge on any atom is -0.494 e. The van der Waals surface area contributed by atoms with Crippen LogP contribution in [0.25, 0.3) is 11.1 Å². The molecule has 3 rings (SSSR count). The minimum atomic E-state index is -0.901. The van der Waals surface area contributed by atoms with Crippen LogP contribution in [0, 0.1) is 0 Å². The largest absolute Gasteiger partial charge is 0.494 e. The highest BCUT2D eigenvalue weighted by molar-refractivity contribution is 5.89. The van der Waals surface area contributed by atoms with Gasteiger partial charge in [0.15, 0.2) is 0 Å². The fraction of sp³-hybridized carbons (Fsp3) is 0.571. The van der Waals surface area contributed by atoms with E-state index in [-0.39, 0.29) is 12.2 Å². The second kappa shape index (κ2) is 17.9. The first-order valence-electron chi connectivity index (χ1n) is 15.5. The van der Waals surface area contributed by atoms with E-state index in [0.29, 0.717) is 12.0 Å². The molecule has 39 heavy (non-hydrogen) atoms. The molecule has 1 aliphatic heterocycles. The van der Waals surface area contributed by atoms with Crippen LogP contribution in [0.3, 0.4) is 0 Å². The number of carboxylic acid groups (broad SMARTS) is 1. The van der Waals surface area contributed by atoms with Crippen LogP contribution < -0.4 is 4.74 Å². The lowest BCUT2D eigenvalue weighted by Crippen LogP contribution is -2.26. The van der Waals surface area contributed by atoms with E-state index in [4.69, 9.17) is 9.47 Å². The van der Waals surface area contributed by atoms with E-state index in [0.717, 1.165) is 48.3 Å². The molecule has 2 atom stereocenters. The number of benzene rings is 2. The molecule has 2 unspecified atom stereocenters. The molecule has 0 saturated heterocycles. The van der Waals surface area contributed by atoms with Crippen molar-refractivity contribution in [3.8, 4) is 16.9 Å². The number of carbonyl (C=O) groups is 1. The minimum absolute atomic E-state index is 0.0352. The summed E-state index contributed by atoms with van der Waals surface area (Å²) >= 11 is 0. The van der Waals surface area contributed by atoms with Gasteiger partial charge in [0.25, 0.3) is 0 Å². The Labute approximate surface area is 236 Å². The van der Waals surface area contributed by atoms with Gasteiger partial charge < -0.3 is 14.6 Å². The van der Waals surface area contributed by atoms with E-state index in [2.05, 4.69) is 38.1 Å². The van der Waals surface area contributed by atoms with E-state index in [1.165, 1.54) is 70.6 Å². The van der Waals surface area contributed by atoms with Crippen molar-refractivity contribution in [3.05, 3.63) is 65.7 Å². The Kier molecular flexibility index (Phi) is 14.2. The molecule has 1 N–H and O–H groups in total. The van der Waals surface area contributed by atoms with Crippen molar-refractivity contribution in [2.75, 3.05) is 6.61 Å². The van der Waals surface area contributed by atoms with E-state index < -0.39 is 5.97 Å². The molecule has 0 amide bonds. The molecule has 1 heterocycles. The Balaban J connectivity index is 1.56. The third kappa shape index (κ3) is 11.2. The van der Waals surface area contributed by atoms with Gasteiger partial charge in [-0.3, -0.25) is 0 Å². The third-order valence-corrected chi connectivity index (χ3v) is 7.70. The maximum Gasteiger partial charge on any atom is 0.335 e. The quantitative estimate of drug-likeness (QED) is 0.144. The highest BCUT2D eigenvalue weighted by Crippen LogP contribution is 2.30. The van der Waals surface area contributed by atoms with Crippen LogP contribution >= 0.6 is 0 Å². The average Bonchev–Trinajstić information content (AvgIpc) is 2.95. The fourth-order valence-corrected chi connectivity index (χ4v) is 5.38. The Morgan fingerprint density at radius 3 is 2.23 bits per heavy atom. The van der Waals surface area contributed by atoms with Gasteiger partial charge in [0.05, 0.1) is 24.4 Å². The fourth-order valence-electron chi connectivity index (χ4n) is 5.38. The summed E-state index contributed by atoms with van der Waals surface area (Å²) in [5.41, 5.74) is 3.44. The predicted molar refractivity (Wildman–Crippen MR) is 162 cm³/mol. The molecule has 0 bridgehead atoms. The van der Waals surface area contributed by atoms with Gasteiger partial charge in [0.1, 0.15) is 5.75 Å². The van der Waals surface area contributed by atoms with Gasteiger partial charge in [-0.2, -0.15) is 0 Å². The zero-order chi connectivity index (χ0) is 27.7. The molecule has 2 aromatic carbocycles. The lowest BCUT2D eigenvalue weighted by atomic mass is 9.93. The summed E-state index contributed by atoms with van der Waals surface area (Å²) in [6, 6.07) is 13.7. The van der Waals surface area contributed by atoms with Gasteiger partial charge in [-0.1, -0.05) is 115 Å². The van der Waals surface area contributed by atoms with Gasteiger partial charge in [0.2, 0.25) is 0 Å². The van der Waals surface area contributed by atoms with Crippen molar-refractivity contribution in [1.29, 1.82) is 0 Å². The monoisotopic (exact) mass is 534 g/mol. The summed E-state index contributed by atoms with van der Waals surface area (Å²) in [5.74, 6) is -0.0173. The van der Waals surface area contributed by atoms with E-state index in [9.17, 15) is 9.90 Å². The number of hydrogen-bond acceptors (Lipinski definition) is 3. The lowest BCUT2D eigenvalue weighted by Gasteiger charge is -2.27. The molecule has 4 heteroatoms. The predicted octanol–water partition coefficient (Wildman–Crippen LogP) is 9.80. The first-order chi connectivity index (χ1) is 19.1. The topological polar surface area (TPSA) is 55.8 Å². The van der Waals surface area contributed by atoms with Crippen LogP contribution in [0.4, 0.5) is 0 Å². The molecule has 0 aliphatic carbocycles. The SMILES string of the molecule is CCCCCCCCCCOc1ccc(-c2ccc(C(=O)O)cc2CC2C=CCC(CCCCCC)O2)cc1. The molecule has 214 valence electrons. The second-order valence-corrected chi connectivity index (χ2v) is 11.0. The van der Waals surface area contributed by atoms with Crippen LogP contribution in [0.5, 0.6) is 5.75 Å². The van der Waals surface area contributed by atoms with Crippen LogP contribution in [-0.2, 0) is 11.2 Å². The number of rotatable bonds is 19. The van der Waals surface area contributed by atoms with Crippen molar-refractivity contribution in [1.82, 2.24) is 0 Å². The number of unbranched alkanes of at least 4 members (excludes halogenated alkanes) is 10. The summed E-state index contributed by atoms with van der Waals surface area (Å²) in [4.78, 5) is 11.7. The Hall–Kier alpha value is -2.59. The zero-order valence-corrected chi connectivity index (χ0v) is 24.3. The Morgan fingerprint density at radius 1 is 0.872 bits per heavy atom. The molecule has 0 fully saturated rings. The first kappa shape index (κ1) is 30.9. The highest BCUT2D eigenvalue weighted by atomic mass is 16.5. The number of hydrogen-bond donors (Lipinski definition) is 1. The second-order valence-electron chi connectivity index (χ2n) is 11.0. The van der Waals surface area contributed by atoms with Crippen molar-refractivity contribution in [2.24, 2.45) is 0 Å². The van der Waals surface area contributed by atoms with Gasteiger partial charge in [0, 0.05) is 6.42 Å². The molecular weight excluding hydrogens is 484 g/mol. The molecule has 4 nitrogen and oxygen atoms in total. The van der Waals surface area contributed by atoms with E-state index in [1.807, 2.05) is 24.3 Å². The van der Waals surface area contributed by atoms with Crippen LogP contribution in [0.2, 0.25) is 0 Å². The number of carboxylic acids is 1. The first-order valence-corrected chi connectivity index (χ1v) is 15.5. The van der Waals surface area contributed by atoms with Crippen LogP contribution in [0.1, 0.15) is 120 Å². The molecule has 0 saturated carbocycles. The van der Waals surface area contributed by atoms with E-state index in [1.54, 1.807) is 6.07 Å². The number of ether oxygens (including phenoxy) is 2. The van der Waals surface area contributed by atoms with Crippen molar-refractivity contribution >= 4 is 5.97 Å². The van der Waals surface area contributed by atoms with Crippen molar-refractivity contribution in [2.45, 2.75) is 122 Å².